The van der Waals surface area contributed by atoms with E-state index in [1.165, 1.54) is 0 Å². The molecule has 0 saturated carbocycles. The lowest BCUT2D eigenvalue weighted by Crippen LogP contribution is -2.28. The molecule has 0 spiro atoms. The van der Waals surface area contributed by atoms with Gasteiger partial charge in [-0.25, -0.2) is 0 Å². The molecule has 0 saturated heterocycles. The Balaban J connectivity index is 3.74. The second kappa shape index (κ2) is 5.50. The fourth-order valence-electron chi connectivity index (χ4n) is 0.822. The molecule has 0 fully saturated rings. The van der Waals surface area contributed by atoms with Gasteiger partial charge in [0.05, 0.1) is 17.6 Å². The van der Waals surface area contributed by atoms with Crippen molar-refractivity contribution in [3.8, 4) is 0 Å². The van der Waals surface area contributed by atoms with Crippen molar-refractivity contribution in [2.75, 3.05) is 13.2 Å². The van der Waals surface area contributed by atoms with Crippen molar-refractivity contribution in [2.45, 2.75) is 53.6 Å². The third-order valence-electron chi connectivity index (χ3n) is 2.29. The molecule has 0 heterocycles. The Morgan fingerprint density at radius 2 is 1.60 bits per heavy atom. The molecule has 0 aromatic rings. The average molecular weight is 216 g/mol. The third-order valence-corrected chi connectivity index (χ3v) is 2.29. The maximum atomic E-state index is 11.5. The summed E-state index contributed by atoms with van der Waals surface area (Å²) in [5, 5.41) is 0. The summed E-state index contributed by atoms with van der Waals surface area (Å²) in [4.78, 5) is 11.5. The van der Waals surface area contributed by atoms with E-state index in [1.54, 1.807) is 0 Å². The molecule has 0 amide bonds. The van der Waals surface area contributed by atoms with E-state index >= 15 is 0 Å². The van der Waals surface area contributed by atoms with Gasteiger partial charge in [0.2, 0.25) is 0 Å². The summed E-state index contributed by atoms with van der Waals surface area (Å²) in [6.07, 6.45) is 0.784. The smallest absolute Gasteiger partial charge is 0.311 e. The lowest BCUT2D eigenvalue weighted by atomic mass is 9.91. The van der Waals surface area contributed by atoms with Gasteiger partial charge in [-0.05, 0) is 41.0 Å². The summed E-state index contributed by atoms with van der Waals surface area (Å²) in [5.74, 6) is -0.150. The lowest BCUT2D eigenvalue weighted by Gasteiger charge is -2.22. The Morgan fingerprint density at radius 3 is 2.00 bits per heavy atom. The second-order valence-corrected chi connectivity index (χ2v) is 5.33. The molecule has 0 aromatic heterocycles. The zero-order valence-electron chi connectivity index (χ0n) is 10.8. The fraction of sp³-hybridized carbons (Fsp3) is 0.917. The molecule has 0 N–H and O–H groups in total. The minimum atomic E-state index is -0.387. The molecule has 0 aliphatic heterocycles. The Bertz CT molecular complexity index is 201. The number of carbonyl (C=O) groups is 1. The second-order valence-electron chi connectivity index (χ2n) is 5.33. The Morgan fingerprint density at radius 1 is 1.07 bits per heavy atom. The fourth-order valence-corrected chi connectivity index (χ4v) is 0.822. The molecule has 0 rings (SSSR count). The quantitative estimate of drug-likeness (QED) is 0.523. The van der Waals surface area contributed by atoms with Gasteiger partial charge in [-0.15, -0.1) is 0 Å². The van der Waals surface area contributed by atoms with Crippen LogP contribution in [-0.2, 0) is 14.3 Å². The van der Waals surface area contributed by atoms with Crippen molar-refractivity contribution in [3.05, 3.63) is 0 Å². The van der Waals surface area contributed by atoms with Gasteiger partial charge < -0.3 is 9.47 Å². The van der Waals surface area contributed by atoms with E-state index in [-0.39, 0.29) is 17.0 Å². The van der Waals surface area contributed by atoms with Crippen LogP contribution in [0.2, 0.25) is 0 Å². The number of esters is 1. The van der Waals surface area contributed by atoms with Crippen LogP contribution in [0.25, 0.3) is 0 Å². The van der Waals surface area contributed by atoms with E-state index in [2.05, 4.69) is 0 Å². The molecule has 0 bridgehead atoms. The molecule has 0 radical (unpaired) electrons. The van der Waals surface area contributed by atoms with Crippen molar-refractivity contribution in [1.82, 2.24) is 0 Å². The van der Waals surface area contributed by atoms with Gasteiger partial charge in [0.1, 0.15) is 6.61 Å². The zero-order valence-corrected chi connectivity index (χ0v) is 10.8. The summed E-state index contributed by atoms with van der Waals surface area (Å²) in [6, 6.07) is 0. The van der Waals surface area contributed by atoms with Crippen LogP contribution >= 0.6 is 0 Å². The van der Waals surface area contributed by atoms with Gasteiger partial charge in [-0.2, -0.15) is 0 Å². The van der Waals surface area contributed by atoms with Crippen LogP contribution in [0.3, 0.4) is 0 Å². The van der Waals surface area contributed by atoms with Gasteiger partial charge in [0, 0.05) is 0 Å². The number of hydrogen-bond donors (Lipinski definition) is 0. The molecule has 3 nitrogen and oxygen atoms in total. The van der Waals surface area contributed by atoms with Crippen LogP contribution in [-0.4, -0.2) is 24.8 Å². The topological polar surface area (TPSA) is 35.5 Å². The first-order valence-corrected chi connectivity index (χ1v) is 5.50. The molecule has 0 aliphatic carbocycles. The predicted molar refractivity (Wildman–Crippen MR) is 60.7 cm³/mol. The lowest BCUT2D eigenvalue weighted by molar-refractivity contribution is -0.157. The van der Waals surface area contributed by atoms with Crippen molar-refractivity contribution < 1.29 is 14.3 Å². The van der Waals surface area contributed by atoms with Crippen molar-refractivity contribution >= 4 is 5.97 Å². The third kappa shape index (κ3) is 6.50. The maximum Gasteiger partial charge on any atom is 0.311 e. The summed E-state index contributed by atoms with van der Waals surface area (Å²) in [5.41, 5.74) is -0.561. The summed E-state index contributed by atoms with van der Waals surface area (Å²) in [7, 11) is 0. The van der Waals surface area contributed by atoms with Crippen LogP contribution < -0.4 is 0 Å². The van der Waals surface area contributed by atoms with Crippen LogP contribution in [0, 0.1) is 5.41 Å². The van der Waals surface area contributed by atoms with Gasteiger partial charge in [0.15, 0.2) is 0 Å². The van der Waals surface area contributed by atoms with Crippen LogP contribution in [0.4, 0.5) is 0 Å². The van der Waals surface area contributed by atoms with E-state index in [9.17, 15) is 4.79 Å². The standard InChI is InChI=1S/C12H24O3/c1-7-12(5,6)10(13)14-8-9-15-11(2,3)4/h7-9H2,1-6H3. The Hall–Kier alpha value is -0.570. The van der Waals surface area contributed by atoms with Crippen LogP contribution in [0.15, 0.2) is 0 Å². The molecular formula is C12H24O3. The Labute approximate surface area is 93.1 Å². The molecule has 0 atom stereocenters. The van der Waals surface area contributed by atoms with Gasteiger partial charge in [-0.1, -0.05) is 6.92 Å². The van der Waals surface area contributed by atoms with E-state index < -0.39 is 0 Å². The van der Waals surface area contributed by atoms with E-state index in [4.69, 9.17) is 9.47 Å². The normalized spacial score (nSPS) is 12.7. The highest BCUT2D eigenvalue weighted by Gasteiger charge is 2.26. The van der Waals surface area contributed by atoms with Gasteiger partial charge in [-0.3, -0.25) is 4.79 Å². The highest BCUT2D eigenvalue weighted by Crippen LogP contribution is 2.21. The molecule has 0 aromatic carbocycles. The summed E-state index contributed by atoms with van der Waals surface area (Å²) >= 11 is 0. The largest absolute Gasteiger partial charge is 0.463 e. The van der Waals surface area contributed by atoms with Gasteiger partial charge >= 0.3 is 5.97 Å². The number of rotatable bonds is 5. The molecule has 0 unspecified atom stereocenters. The molecular weight excluding hydrogens is 192 g/mol. The monoisotopic (exact) mass is 216 g/mol. The highest BCUT2D eigenvalue weighted by atomic mass is 16.6. The molecule has 3 heteroatoms. The SMILES string of the molecule is CCC(C)(C)C(=O)OCCOC(C)(C)C. The van der Waals surface area contributed by atoms with E-state index in [0.717, 1.165) is 6.42 Å². The van der Waals surface area contributed by atoms with Crippen molar-refractivity contribution in [1.29, 1.82) is 0 Å². The number of ether oxygens (including phenoxy) is 2. The van der Waals surface area contributed by atoms with Crippen LogP contribution in [0.5, 0.6) is 0 Å². The van der Waals surface area contributed by atoms with Crippen molar-refractivity contribution in [2.24, 2.45) is 5.41 Å². The number of carbonyl (C=O) groups excluding carboxylic acids is 1. The summed E-state index contributed by atoms with van der Waals surface area (Å²) in [6.45, 7) is 12.5. The minimum absolute atomic E-state index is 0.150. The van der Waals surface area contributed by atoms with Gasteiger partial charge in [0.25, 0.3) is 0 Å². The Kier molecular flexibility index (Phi) is 5.29. The predicted octanol–water partition coefficient (Wildman–Crippen LogP) is 2.78. The molecule has 0 aliphatic rings. The zero-order chi connectivity index (χ0) is 12.1. The first kappa shape index (κ1) is 14.4. The highest BCUT2D eigenvalue weighted by molar-refractivity contribution is 5.75. The molecule has 90 valence electrons. The van der Waals surface area contributed by atoms with Crippen molar-refractivity contribution in [3.63, 3.8) is 0 Å². The van der Waals surface area contributed by atoms with Crippen LogP contribution in [0.1, 0.15) is 48.0 Å². The average Bonchev–Trinajstić information content (AvgIpc) is 2.10. The molecule has 15 heavy (non-hydrogen) atoms. The minimum Gasteiger partial charge on any atom is -0.463 e. The summed E-state index contributed by atoms with van der Waals surface area (Å²) < 4.78 is 10.6. The first-order valence-electron chi connectivity index (χ1n) is 5.50. The number of hydrogen-bond acceptors (Lipinski definition) is 3. The van der Waals surface area contributed by atoms with E-state index in [0.29, 0.717) is 13.2 Å². The maximum absolute atomic E-state index is 11.5. The van der Waals surface area contributed by atoms with E-state index in [1.807, 2.05) is 41.5 Å². The first-order chi connectivity index (χ1) is 6.69.